The summed E-state index contributed by atoms with van der Waals surface area (Å²) in [7, 11) is 0. The molecule has 1 heterocycles. The van der Waals surface area contributed by atoms with Crippen molar-refractivity contribution < 1.29 is 14.1 Å². The lowest BCUT2D eigenvalue weighted by Crippen LogP contribution is -2.36. The van der Waals surface area contributed by atoms with Crippen LogP contribution >= 0.6 is 12.9 Å². The molecule has 1 aliphatic heterocycles. The van der Waals surface area contributed by atoms with Gasteiger partial charge in [-0.2, -0.15) is 0 Å². The molecule has 0 radical (unpaired) electrons. The number of benzene rings is 3. The summed E-state index contributed by atoms with van der Waals surface area (Å²) in [5.41, 5.74) is 3.35. The third kappa shape index (κ3) is 2.28. The summed E-state index contributed by atoms with van der Waals surface area (Å²) in [6.07, 6.45) is 0. The van der Waals surface area contributed by atoms with E-state index in [1.807, 2.05) is 37.3 Å². The van der Waals surface area contributed by atoms with Gasteiger partial charge in [0.15, 0.2) is 0 Å². The predicted octanol–water partition coefficient (Wildman–Crippen LogP) is 4.21. The second kappa shape index (κ2) is 6.11. The van der Waals surface area contributed by atoms with Crippen LogP contribution in [0.2, 0.25) is 0 Å². The largest absolute Gasteiger partial charge is 0.508 e. The van der Waals surface area contributed by atoms with Crippen LogP contribution in [-0.4, -0.2) is 11.0 Å². The number of para-hydroxylation sites is 1. The summed E-state index contributed by atoms with van der Waals surface area (Å²) >= 11 is 3.83. The van der Waals surface area contributed by atoms with Gasteiger partial charge in [0.25, 0.3) is 0 Å². The molecule has 0 saturated carbocycles. The summed E-state index contributed by atoms with van der Waals surface area (Å²) in [6, 6.07) is 20.0. The summed E-state index contributed by atoms with van der Waals surface area (Å²) < 4.78 is 4.96. The molecule has 0 saturated heterocycles. The van der Waals surface area contributed by atoms with Gasteiger partial charge in [-0.05, 0) is 47.9 Å². The molecule has 4 nitrogen and oxygen atoms in total. The van der Waals surface area contributed by atoms with E-state index >= 15 is 0 Å². The number of aromatic hydroxyl groups is 1. The quantitative estimate of drug-likeness (QED) is 0.483. The van der Waals surface area contributed by atoms with Crippen LogP contribution in [0.4, 0.5) is 5.69 Å². The highest BCUT2D eigenvalue weighted by atomic mass is 32.1. The van der Waals surface area contributed by atoms with Crippen molar-refractivity contribution in [1.82, 2.24) is 0 Å². The van der Waals surface area contributed by atoms with Gasteiger partial charge in [-0.1, -0.05) is 42.5 Å². The highest BCUT2D eigenvalue weighted by Gasteiger charge is 2.50. The maximum atomic E-state index is 13.3. The Kier molecular flexibility index (Phi) is 3.89. The third-order valence-corrected chi connectivity index (χ3v) is 5.16. The van der Waals surface area contributed by atoms with Crippen molar-refractivity contribution >= 4 is 24.5 Å². The summed E-state index contributed by atoms with van der Waals surface area (Å²) in [5.74, 6) is 0.637. The number of aryl methyl sites for hydroxylation is 1. The molecule has 130 valence electrons. The Morgan fingerprint density at radius 1 is 0.962 bits per heavy atom. The van der Waals surface area contributed by atoms with Crippen LogP contribution in [0.3, 0.4) is 0 Å². The van der Waals surface area contributed by atoms with E-state index in [4.69, 9.17) is 4.18 Å². The van der Waals surface area contributed by atoms with Crippen molar-refractivity contribution in [3.05, 3.63) is 89.0 Å². The van der Waals surface area contributed by atoms with Gasteiger partial charge in [-0.3, -0.25) is 4.79 Å². The average molecular weight is 363 g/mol. The Morgan fingerprint density at radius 3 is 2.19 bits per heavy atom. The average Bonchev–Trinajstić information content (AvgIpc) is 2.97. The summed E-state index contributed by atoms with van der Waals surface area (Å²) in [6.45, 7) is 1.98. The number of phenols is 1. The fourth-order valence-electron chi connectivity index (χ4n) is 3.69. The SMILES string of the molecule is Cc1cccc2c1NC(=O)C2(c1ccc(O)cc1)c1ccc(OS)cc1. The van der Waals surface area contributed by atoms with E-state index in [9.17, 15) is 9.90 Å². The molecular weight excluding hydrogens is 346 g/mol. The molecule has 3 aromatic rings. The number of rotatable bonds is 3. The number of hydrogen-bond donors (Lipinski definition) is 3. The molecule has 4 rings (SSSR count). The number of phenolic OH excluding ortho intramolecular Hbond substituents is 1. The number of fused-ring (bicyclic) bond motifs is 1. The van der Waals surface area contributed by atoms with Gasteiger partial charge in [0.1, 0.15) is 16.9 Å². The van der Waals surface area contributed by atoms with Crippen LogP contribution in [0.1, 0.15) is 22.3 Å². The number of hydrogen-bond acceptors (Lipinski definition) is 4. The normalized spacial score (nSPS) is 18.3. The monoisotopic (exact) mass is 363 g/mol. The maximum absolute atomic E-state index is 13.3. The number of thiol groups is 1. The molecule has 26 heavy (non-hydrogen) atoms. The standard InChI is InChI=1S/C21H17NO3S/c1-13-3-2-4-18-19(13)22-20(24)21(18,14-5-9-16(23)10-6-14)15-7-11-17(25-26)12-8-15/h2-12,23,26H,1H3,(H,22,24). The van der Waals surface area contributed by atoms with E-state index in [-0.39, 0.29) is 11.7 Å². The highest BCUT2D eigenvalue weighted by Crippen LogP contribution is 2.49. The van der Waals surface area contributed by atoms with Gasteiger partial charge in [0.05, 0.1) is 0 Å². The zero-order chi connectivity index (χ0) is 18.3. The summed E-state index contributed by atoms with van der Waals surface area (Å²) in [4.78, 5) is 13.3. The lowest BCUT2D eigenvalue weighted by molar-refractivity contribution is -0.118. The zero-order valence-corrected chi connectivity index (χ0v) is 15.0. The van der Waals surface area contributed by atoms with Gasteiger partial charge in [0, 0.05) is 24.2 Å². The lowest BCUT2D eigenvalue weighted by atomic mass is 9.70. The molecule has 1 amide bonds. The Balaban J connectivity index is 2.04. The molecule has 3 aromatic carbocycles. The number of carbonyl (C=O) groups excluding carboxylic acids is 1. The molecule has 1 atom stereocenters. The van der Waals surface area contributed by atoms with Gasteiger partial charge in [-0.25, -0.2) is 0 Å². The Labute approximate surface area is 157 Å². The topological polar surface area (TPSA) is 58.6 Å². The van der Waals surface area contributed by atoms with Crippen LogP contribution < -0.4 is 9.50 Å². The van der Waals surface area contributed by atoms with Crippen molar-refractivity contribution in [2.24, 2.45) is 0 Å². The van der Waals surface area contributed by atoms with E-state index in [1.54, 1.807) is 36.4 Å². The molecule has 2 N–H and O–H groups in total. The van der Waals surface area contributed by atoms with E-state index in [0.29, 0.717) is 5.75 Å². The molecular formula is C21H17NO3S. The van der Waals surface area contributed by atoms with Crippen LogP contribution in [0.25, 0.3) is 0 Å². The Morgan fingerprint density at radius 2 is 1.58 bits per heavy atom. The zero-order valence-electron chi connectivity index (χ0n) is 14.1. The minimum absolute atomic E-state index is 0.118. The van der Waals surface area contributed by atoms with Gasteiger partial charge < -0.3 is 14.6 Å². The van der Waals surface area contributed by atoms with Gasteiger partial charge >= 0.3 is 0 Å². The van der Waals surface area contributed by atoms with Crippen molar-refractivity contribution in [3.63, 3.8) is 0 Å². The van der Waals surface area contributed by atoms with E-state index in [1.165, 1.54) is 0 Å². The molecule has 0 spiro atoms. The molecule has 1 aliphatic rings. The number of nitrogens with one attached hydrogen (secondary N) is 1. The van der Waals surface area contributed by atoms with E-state index < -0.39 is 5.41 Å². The first kappa shape index (κ1) is 16.5. The maximum Gasteiger partial charge on any atom is 0.244 e. The Hall–Kier alpha value is -2.92. The van der Waals surface area contributed by atoms with E-state index in [0.717, 1.165) is 27.9 Å². The smallest absolute Gasteiger partial charge is 0.244 e. The highest BCUT2D eigenvalue weighted by molar-refractivity contribution is 7.75. The van der Waals surface area contributed by atoms with Gasteiger partial charge in [0.2, 0.25) is 5.91 Å². The number of amides is 1. The predicted molar refractivity (Wildman–Crippen MR) is 104 cm³/mol. The molecule has 1 unspecified atom stereocenters. The van der Waals surface area contributed by atoms with Crippen LogP contribution in [0, 0.1) is 6.92 Å². The van der Waals surface area contributed by atoms with Crippen LogP contribution in [-0.2, 0) is 10.2 Å². The van der Waals surface area contributed by atoms with Crippen molar-refractivity contribution in [3.8, 4) is 11.5 Å². The minimum atomic E-state index is -0.996. The van der Waals surface area contributed by atoms with Crippen molar-refractivity contribution in [2.75, 3.05) is 5.32 Å². The van der Waals surface area contributed by atoms with Crippen LogP contribution in [0.5, 0.6) is 11.5 Å². The second-order valence-electron chi connectivity index (χ2n) is 6.36. The Bertz CT molecular complexity index is 983. The molecule has 0 bridgehead atoms. The third-order valence-electron chi connectivity index (χ3n) is 4.95. The number of anilines is 1. The van der Waals surface area contributed by atoms with E-state index in [2.05, 4.69) is 18.2 Å². The minimum Gasteiger partial charge on any atom is -0.508 e. The van der Waals surface area contributed by atoms with Gasteiger partial charge in [-0.15, -0.1) is 0 Å². The number of carbonyl (C=O) groups is 1. The fourth-order valence-corrected chi connectivity index (χ4v) is 3.81. The summed E-state index contributed by atoms with van der Waals surface area (Å²) in [5, 5.41) is 12.8. The first-order valence-corrected chi connectivity index (χ1v) is 8.57. The van der Waals surface area contributed by atoms with Crippen molar-refractivity contribution in [2.45, 2.75) is 12.3 Å². The molecule has 0 fully saturated rings. The lowest BCUT2D eigenvalue weighted by Gasteiger charge is -2.29. The first-order chi connectivity index (χ1) is 12.6. The molecule has 0 aromatic heterocycles. The van der Waals surface area contributed by atoms with Crippen molar-refractivity contribution in [1.29, 1.82) is 0 Å². The molecule has 0 aliphatic carbocycles. The van der Waals surface area contributed by atoms with Crippen LogP contribution in [0.15, 0.2) is 66.7 Å². The molecule has 5 heteroatoms. The fraction of sp³-hybridized carbons (Fsp3) is 0.0952. The second-order valence-corrected chi connectivity index (χ2v) is 6.55. The first-order valence-electron chi connectivity index (χ1n) is 8.20.